The summed E-state index contributed by atoms with van der Waals surface area (Å²) >= 11 is 1.13. The number of ether oxygens (including phenoxy) is 1. The molecule has 1 aromatic heterocycles. The van der Waals surface area contributed by atoms with Crippen LogP contribution >= 0.6 is 11.3 Å². The van der Waals surface area contributed by atoms with Crippen LogP contribution in [0.25, 0.3) is 0 Å². The summed E-state index contributed by atoms with van der Waals surface area (Å²) in [5.74, 6) is -1.13. The first-order valence-electron chi connectivity index (χ1n) is 8.94. The summed E-state index contributed by atoms with van der Waals surface area (Å²) in [6.07, 6.45) is 0. The number of carbonyl (C=O) groups excluding carboxylic acids is 3. The quantitative estimate of drug-likeness (QED) is 0.724. The number of esters is 1. The number of nitrogens with one attached hydrogen (secondary N) is 2. The molecule has 0 saturated carbocycles. The number of para-hydroxylation sites is 1. The van der Waals surface area contributed by atoms with Gasteiger partial charge in [-0.25, -0.2) is 4.79 Å². The predicted octanol–water partition coefficient (Wildman–Crippen LogP) is 4.45. The van der Waals surface area contributed by atoms with Gasteiger partial charge in [-0.1, -0.05) is 39.0 Å². The largest absolute Gasteiger partial charge is 0.451 e. The zero-order chi connectivity index (χ0) is 21.1. The highest BCUT2D eigenvalue weighted by atomic mass is 32.1. The fourth-order valence-corrected chi connectivity index (χ4v) is 3.39. The van der Waals surface area contributed by atoms with Gasteiger partial charge in [0.1, 0.15) is 4.88 Å². The van der Waals surface area contributed by atoms with Gasteiger partial charge in [0, 0.05) is 11.1 Å². The molecule has 2 N–H and O–H groups in total. The third-order valence-corrected chi connectivity index (χ3v) is 5.23. The number of amides is 2. The van der Waals surface area contributed by atoms with Crippen LogP contribution in [0.15, 0.2) is 24.3 Å². The lowest BCUT2D eigenvalue weighted by molar-refractivity contribution is -0.123. The second-order valence-electron chi connectivity index (χ2n) is 7.72. The van der Waals surface area contributed by atoms with Gasteiger partial charge < -0.3 is 15.4 Å². The first-order valence-corrected chi connectivity index (χ1v) is 9.75. The Balaban J connectivity index is 1.98. The molecule has 0 bridgehead atoms. The number of anilines is 2. The second kappa shape index (κ2) is 8.56. The SMILES string of the molecule is Cc1cc(NC(=O)C(C)(C)C)sc1C(=O)OCC(=O)Nc1c(C)cccc1C. The van der Waals surface area contributed by atoms with Gasteiger partial charge in [-0.05, 0) is 43.5 Å². The number of hydrogen-bond acceptors (Lipinski definition) is 5. The minimum Gasteiger partial charge on any atom is -0.451 e. The molecule has 1 heterocycles. The van der Waals surface area contributed by atoms with Gasteiger partial charge >= 0.3 is 5.97 Å². The second-order valence-corrected chi connectivity index (χ2v) is 8.77. The summed E-state index contributed by atoms with van der Waals surface area (Å²) in [6, 6.07) is 7.44. The molecule has 28 heavy (non-hydrogen) atoms. The maximum atomic E-state index is 12.3. The van der Waals surface area contributed by atoms with Crippen LogP contribution in [0.1, 0.15) is 47.1 Å². The lowest BCUT2D eigenvalue weighted by Crippen LogP contribution is -2.27. The van der Waals surface area contributed by atoms with E-state index in [1.807, 2.05) is 52.8 Å². The maximum Gasteiger partial charge on any atom is 0.349 e. The maximum absolute atomic E-state index is 12.3. The van der Waals surface area contributed by atoms with Gasteiger partial charge in [-0.2, -0.15) is 0 Å². The van der Waals surface area contributed by atoms with Crippen molar-refractivity contribution in [1.29, 1.82) is 0 Å². The van der Waals surface area contributed by atoms with E-state index in [0.717, 1.165) is 28.2 Å². The molecule has 0 radical (unpaired) electrons. The molecule has 150 valence electrons. The van der Waals surface area contributed by atoms with Crippen LogP contribution in [0.3, 0.4) is 0 Å². The lowest BCUT2D eigenvalue weighted by Gasteiger charge is -2.16. The molecule has 7 heteroatoms. The van der Waals surface area contributed by atoms with Crippen molar-refractivity contribution >= 4 is 39.8 Å². The van der Waals surface area contributed by atoms with Crippen LogP contribution in [0.4, 0.5) is 10.7 Å². The minimum absolute atomic E-state index is 0.137. The van der Waals surface area contributed by atoms with Crippen LogP contribution < -0.4 is 10.6 Å². The molecule has 0 spiro atoms. The van der Waals surface area contributed by atoms with Crippen LogP contribution in [0, 0.1) is 26.2 Å². The summed E-state index contributed by atoms with van der Waals surface area (Å²) in [6.45, 7) is 10.6. The van der Waals surface area contributed by atoms with Gasteiger partial charge in [-0.15, -0.1) is 11.3 Å². The van der Waals surface area contributed by atoms with E-state index in [0.29, 0.717) is 15.4 Å². The molecule has 2 aromatic rings. The van der Waals surface area contributed by atoms with Gasteiger partial charge in [0.15, 0.2) is 6.61 Å². The predicted molar refractivity (Wildman–Crippen MR) is 112 cm³/mol. The van der Waals surface area contributed by atoms with E-state index in [-0.39, 0.29) is 12.5 Å². The monoisotopic (exact) mass is 402 g/mol. The highest BCUT2D eigenvalue weighted by Gasteiger charge is 2.23. The number of benzene rings is 1. The molecule has 2 rings (SSSR count). The van der Waals surface area contributed by atoms with Crippen LogP contribution in [-0.2, 0) is 14.3 Å². The van der Waals surface area contributed by atoms with E-state index in [1.165, 1.54) is 0 Å². The Hall–Kier alpha value is -2.67. The Morgan fingerprint density at radius 2 is 1.61 bits per heavy atom. The molecule has 0 atom stereocenters. The van der Waals surface area contributed by atoms with Crippen molar-refractivity contribution < 1.29 is 19.1 Å². The number of rotatable bonds is 5. The van der Waals surface area contributed by atoms with E-state index < -0.39 is 17.3 Å². The van der Waals surface area contributed by atoms with E-state index in [1.54, 1.807) is 13.0 Å². The van der Waals surface area contributed by atoms with E-state index in [9.17, 15) is 14.4 Å². The smallest absolute Gasteiger partial charge is 0.349 e. The molecular formula is C21H26N2O4S. The number of aryl methyl sites for hydroxylation is 3. The fourth-order valence-electron chi connectivity index (χ4n) is 2.43. The third kappa shape index (κ3) is 5.42. The van der Waals surface area contributed by atoms with Crippen molar-refractivity contribution in [3.63, 3.8) is 0 Å². The van der Waals surface area contributed by atoms with Crippen molar-refractivity contribution in [2.75, 3.05) is 17.2 Å². The zero-order valence-corrected chi connectivity index (χ0v) is 17.9. The average molecular weight is 403 g/mol. The number of hydrogen-bond donors (Lipinski definition) is 2. The van der Waals surface area contributed by atoms with Crippen LogP contribution in [-0.4, -0.2) is 24.4 Å². The first-order chi connectivity index (χ1) is 13.0. The topological polar surface area (TPSA) is 84.5 Å². The molecule has 0 unspecified atom stereocenters. The van der Waals surface area contributed by atoms with E-state index >= 15 is 0 Å². The van der Waals surface area contributed by atoms with Crippen LogP contribution in [0.5, 0.6) is 0 Å². The highest BCUT2D eigenvalue weighted by molar-refractivity contribution is 7.18. The third-order valence-electron chi connectivity index (χ3n) is 4.10. The first kappa shape index (κ1) is 21.6. The minimum atomic E-state index is -0.588. The molecule has 0 aliphatic carbocycles. The lowest BCUT2D eigenvalue weighted by atomic mass is 9.96. The van der Waals surface area contributed by atoms with Gasteiger partial charge in [-0.3, -0.25) is 9.59 Å². The fraction of sp³-hybridized carbons (Fsp3) is 0.381. The molecule has 0 aliphatic heterocycles. The summed E-state index contributed by atoms with van der Waals surface area (Å²) in [5.41, 5.74) is 2.75. The molecule has 1 aromatic carbocycles. The molecule has 2 amide bonds. The van der Waals surface area contributed by atoms with Crippen LogP contribution in [0.2, 0.25) is 0 Å². The Labute approximate surface area is 169 Å². The zero-order valence-electron chi connectivity index (χ0n) is 17.1. The van der Waals surface area contributed by atoms with E-state index in [4.69, 9.17) is 4.74 Å². The Morgan fingerprint density at radius 3 is 2.18 bits per heavy atom. The van der Waals surface area contributed by atoms with E-state index in [2.05, 4.69) is 10.6 Å². The van der Waals surface area contributed by atoms with Crippen molar-refractivity contribution in [1.82, 2.24) is 0 Å². The Morgan fingerprint density at radius 1 is 1.00 bits per heavy atom. The summed E-state index contributed by atoms with van der Waals surface area (Å²) < 4.78 is 5.15. The van der Waals surface area contributed by atoms with Crippen molar-refractivity contribution in [3.8, 4) is 0 Å². The molecular weight excluding hydrogens is 376 g/mol. The van der Waals surface area contributed by atoms with Gasteiger partial charge in [0.05, 0.1) is 5.00 Å². The normalized spacial score (nSPS) is 11.1. The molecule has 6 nitrogen and oxygen atoms in total. The summed E-state index contributed by atoms with van der Waals surface area (Å²) in [4.78, 5) is 37.0. The highest BCUT2D eigenvalue weighted by Crippen LogP contribution is 2.29. The van der Waals surface area contributed by atoms with Gasteiger partial charge in [0.2, 0.25) is 5.91 Å². The van der Waals surface area contributed by atoms with Crippen molar-refractivity contribution in [3.05, 3.63) is 45.8 Å². The number of carbonyl (C=O) groups is 3. The molecule has 0 saturated heterocycles. The van der Waals surface area contributed by atoms with Gasteiger partial charge in [0.25, 0.3) is 5.91 Å². The molecule has 0 aliphatic rings. The summed E-state index contributed by atoms with van der Waals surface area (Å²) in [7, 11) is 0. The Bertz CT molecular complexity index is 889. The number of thiophene rings is 1. The standard InChI is InChI=1S/C21H26N2O4S/c1-12-8-7-9-13(2)17(12)22-15(24)11-27-19(25)18-14(3)10-16(28-18)23-20(26)21(4,5)6/h7-10H,11H2,1-6H3,(H,22,24)(H,23,26). The average Bonchev–Trinajstić information content (AvgIpc) is 2.95. The Kier molecular flexibility index (Phi) is 6.61. The van der Waals surface area contributed by atoms with Crippen molar-refractivity contribution in [2.45, 2.75) is 41.5 Å². The van der Waals surface area contributed by atoms with Crippen molar-refractivity contribution in [2.24, 2.45) is 5.41 Å². The summed E-state index contributed by atoms with van der Waals surface area (Å²) in [5, 5.41) is 6.15. The molecule has 0 fully saturated rings.